The standard InChI is InChI=1S/C14H17ClFNO/c15-12-3-4-14(16)11(10-12)2-1-7-17-8-5-13(18)6-9-17/h3-4,10H,1-2,5-9H2. The van der Waals surface area contributed by atoms with Crippen molar-refractivity contribution in [3.8, 4) is 0 Å². The van der Waals surface area contributed by atoms with E-state index in [1.54, 1.807) is 12.1 Å². The van der Waals surface area contributed by atoms with Crippen LogP contribution in [0.4, 0.5) is 4.39 Å². The van der Waals surface area contributed by atoms with Crippen LogP contribution in [0.5, 0.6) is 0 Å². The van der Waals surface area contributed by atoms with Crippen LogP contribution in [-0.4, -0.2) is 30.3 Å². The van der Waals surface area contributed by atoms with Crippen LogP contribution in [0.15, 0.2) is 18.2 Å². The van der Waals surface area contributed by atoms with Crippen LogP contribution in [-0.2, 0) is 11.2 Å². The average Bonchev–Trinajstić information content (AvgIpc) is 2.36. The highest BCUT2D eigenvalue weighted by molar-refractivity contribution is 6.30. The van der Waals surface area contributed by atoms with E-state index in [9.17, 15) is 9.18 Å². The van der Waals surface area contributed by atoms with Gasteiger partial charge in [-0.05, 0) is 43.1 Å². The monoisotopic (exact) mass is 269 g/mol. The molecule has 0 unspecified atom stereocenters. The normalized spacial score (nSPS) is 17.1. The van der Waals surface area contributed by atoms with Crippen LogP contribution in [0, 0.1) is 5.82 Å². The number of hydrogen-bond acceptors (Lipinski definition) is 2. The summed E-state index contributed by atoms with van der Waals surface area (Å²) in [4.78, 5) is 13.4. The van der Waals surface area contributed by atoms with Gasteiger partial charge < -0.3 is 4.90 Å². The minimum atomic E-state index is -0.187. The lowest BCUT2D eigenvalue weighted by molar-refractivity contribution is -0.121. The number of Topliss-reactive ketones (excluding diaryl/α,β-unsaturated/α-hetero) is 1. The van der Waals surface area contributed by atoms with Gasteiger partial charge in [0.05, 0.1) is 0 Å². The van der Waals surface area contributed by atoms with E-state index in [1.165, 1.54) is 6.07 Å². The molecule has 98 valence electrons. The molecule has 2 rings (SSSR count). The van der Waals surface area contributed by atoms with Gasteiger partial charge in [0.2, 0.25) is 0 Å². The number of nitrogens with zero attached hydrogens (tertiary/aromatic N) is 1. The molecule has 1 aliphatic heterocycles. The SMILES string of the molecule is O=C1CCN(CCCc2cc(Cl)ccc2F)CC1. The number of rotatable bonds is 4. The molecule has 0 bridgehead atoms. The molecule has 4 heteroatoms. The summed E-state index contributed by atoms with van der Waals surface area (Å²) < 4.78 is 13.5. The van der Waals surface area contributed by atoms with Crippen molar-refractivity contribution in [2.45, 2.75) is 25.7 Å². The summed E-state index contributed by atoms with van der Waals surface area (Å²) in [6.07, 6.45) is 2.90. The lowest BCUT2D eigenvalue weighted by atomic mass is 10.1. The number of likely N-dealkylation sites (tertiary alicyclic amines) is 1. The van der Waals surface area contributed by atoms with Crippen molar-refractivity contribution in [3.05, 3.63) is 34.6 Å². The van der Waals surface area contributed by atoms with E-state index >= 15 is 0 Å². The third-order valence-corrected chi connectivity index (χ3v) is 3.58. The molecular formula is C14H17ClFNO. The minimum Gasteiger partial charge on any atom is -0.302 e. The molecule has 18 heavy (non-hydrogen) atoms. The molecule has 0 N–H and O–H groups in total. The molecule has 1 aliphatic rings. The Morgan fingerprint density at radius 2 is 2.00 bits per heavy atom. The van der Waals surface area contributed by atoms with E-state index in [0.717, 1.165) is 26.1 Å². The highest BCUT2D eigenvalue weighted by atomic mass is 35.5. The first-order chi connectivity index (χ1) is 8.65. The van der Waals surface area contributed by atoms with Crippen molar-refractivity contribution in [3.63, 3.8) is 0 Å². The van der Waals surface area contributed by atoms with Crippen molar-refractivity contribution < 1.29 is 9.18 Å². The molecule has 1 saturated heterocycles. The summed E-state index contributed by atoms with van der Waals surface area (Å²) in [5.74, 6) is 0.167. The van der Waals surface area contributed by atoms with Crippen LogP contribution >= 0.6 is 11.6 Å². The molecule has 0 saturated carbocycles. The fourth-order valence-corrected chi connectivity index (χ4v) is 2.45. The Morgan fingerprint density at radius 3 is 2.72 bits per heavy atom. The van der Waals surface area contributed by atoms with Crippen molar-refractivity contribution in [1.29, 1.82) is 0 Å². The first kappa shape index (κ1) is 13.5. The minimum absolute atomic E-state index is 0.187. The number of carbonyl (C=O) groups is 1. The van der Waals surface area contributed by atoms with E-state index in [4.69, 9.17) is 11.6 Å². The molecule has 1 fully saturated rings. The van der Waals surface area contributed by atoms with Gasteiger partial charge in [0, 0.05) is 31.0 Å². The predicted molar refractivity (Wildman–Crippen MR) is 70.4 cm³/mol. The van der Waals surface area contributed by atoms with E-state index in [2.05, 4.69) is 4.90 Å². The molecule has 0 amide bonds. The zero-order valence-corrected chi connectivity index (χ0v) is 11.0. The number of aryl methyl sites for hydroxylation is 1. The largest absolute Gasteiger partial charge is 0.302 e. The van der Waals surface area contributed by atoms with Gasteiger partial charge in [0.1, 0.15) is 11.6 Å². The van der Waals surface area contributed by atoms with Crippen molar-refractivity contribution >= 4 is 17.4 Å². The van der Waals surface area contributed by atoms with Crippen LogP contribution < -0.4 is 0 Å². The van der Waals surface area contributed by atoms with Crippen LogP contribution in [0.25, 0.3) is 0 Å². The lowest BCUT2D eigenvalue weighted by Gasteiger charge is -2.25. The Hall–Kier alpha value is -0.930. The third-order valence-electron chi connectivity index (χ3n) is 3.34. The average molecular weight is 270 g/mol. The van der Waals surface area contributed by atoms with Crippen LogP contribution in [0.3, 0.4) is 0 Å². The van der Waals surface area contributed by atoms with Gasteiger partial charge in [0.15, 0.2) is 0 Å². The summed E-state index contributed by atoms with van der Waals surface area (Å²) in [6, 6.07) is 4.67. The van der Waals surface area contributed by atoms with Gasteiger partial charge in [-0.15, -0.1) is 0 Å². The Labute approximate surface area is 112 Å². The van der Waals surface area contributed by atoms with Crippen molar-refractivity contribution in [2.75, 3.05) is 19.6 Å². The Kier molecular flexibility index (Phi) is 4.72. The first-order valence-electron chi connectivity index (χ1n) is 6.33. The zero-order valence-electron chi connectivity index (χ0n) is 10.3. The molecule has 0 aromatic heterocycles. The molecule has 0 radical (unpaired) electrons. The molecule has 1 aromatic rings. The molecule has 2 nitrogen and oxygen atoms in total. The van der Waals surface area contributed by atoms with Gasteiger partial charge in [-0.3, -0.25) is 4.79 Å². The van der Waals surface area contributed by atoms with E-state index < -0.39 is 0 Å². The van der Waals surface area contributed by atoms with Gasteiger partial charge in [-0.25, -0.2) is 4.39 Å². The molecule has 0 atom stereocenters. The summed E-state index contributed by atoms with van der Waals surface area (Å²) in [6.45, 7) is 2.60. The molecule has 1 aromatic carbocycles. The number of hydrogen-bond donors (Lipinski definition) is 0. The quantitative estimate of drug-likeness (QED) is 0.837. The predicted octanol–water partition coefficient (Wildman–Crippen LogP) is 3.08. The number of carbonyl (C=O) groups excluding carboxylic acids is 1. The van der Waals surface area contributed by atoms with Crippen LogP contribution in [0.2, 0.25) is 5.02 Å². The van der Waals surface area contributed by atoms with Gasteiger partial charge in [-0.1, -0.05) is 11.6 Å². The second-order valence-corrected chi connectivity index (χ2v) is 5.16. The van der Waals surface area contributed by atoms with Crippen molar-refractivity contribution in [2.24, 2.45) is 0 Å². The molecular weight excluding hydrogens is 253 g/mol. The lowest BCUT2D eigenvalue weighted by Crippen LogP contribution is -2.34. The number of halogens is 2. The van der Waals surface area contributed by atoms with Crippen LogP contribution in [0.1, 0.15) is 24.8 Å². The molecule has 1 heterocycles. The maximum Gasteiger partial charge on any atom is 0.135 e. The van der Waals surface area contributed by atoms with Gasteiger partial charge >= 0.3 is 0 Å². The van der Waals surface area contributed by atoms with E-state index in [-0.39, 0.29) is 5.82 Å². The van der Waals surface area contributed by atoms with E-state index in [0.29, 0.717) is 35.6 Å². The summed E-state index contributed by atoms with van der Waals surface area (Å²) in [5, 5.41) is 0.579. The smallest absolute Gasteiger partial charge is 0.135 e. The number of benzene rings is 1. The zero-order chi connectivity index (χ0) is 13.0. The molecule has 0 spiro atoms. The maximum absolute atomic E-state index is 13.5. The highest BCUT2D eigenvalue weighted by Crippen LogP contribution is 2.17. The fourth-order valence-electron chi connectivity index (χ4n) is 2.25. The Morgan fingerprint density at radius 1 is 1.28 bits per heavy atom. The van der Waals surface area contributed by atoms with E-state index in [1.807, 2.05) is 0 Å². The Balaban J connectivity index is 1.78. The maximum atomic E-state index is 13.5. The Bertz CT molecular complexity index is 426. The topological polar surface area (TPSA) is 20.3 Å². The fraction of sp³-hybridized carbons (Fsp3) is 0.500. The third kappa shape index (κ3) is 3.79. The summed E-state index contributed by atoms with van der Waals surface area (Å²) in [5.41, 5.74) is 0.676. The second-order valence-electron chi connectivity index (χ2n) is 4.72. The summed E-state index contributed by atoms with van der Waals surface area (Å²) in [7, 11) is 0. The number of piperidine rings is 1. The molecule has 0 aliphatic carbocycles. The first-order valence-corrected chi connectivity index (χ1v) is 6.71. The van der Waals surface area contributed by atoms with Gasteiger partial charge in [-0.2, -0.15) is 0 Å². The van der Waals surface area contributed by atoms with Crippen molar-refractivity contribution in [1.82, 2.24) is 4.90 Å². The van der Waals surface area contributed by atoms with Gasteiger partial charge in [0.25, 0.3) is 0 Å². The highest BCUT2D eigenvalue weighted by Gasteiger charge is 2.15. The summed E-state index contributed by atoms with van der Waals surface area (Å²) >= 11 is 5.85. The second kappa shape index (κ2) is 6.30. The number of ketones is 1.